The minimum Gasteiger partial charge on any atom is -0.481 e. The molecule has 86 valence electrons. The van der Waals surface area contributed by atoms with Crippen molar-refractivity contribution in [3.63, 3.8) is 0 Å². The maximum absolute atomic E-state index is 11.0. The third kappa shape index (κ3) is 2.08. The summed E-state index contributed by atoms with van der Waals surface area (Å²) in [6.07, 6.45) is -0.382. The Hall–Kier alpha value is -1.39. The highest BCUT2D eigenvalue weighted by atomic mass is 16.7. The van der Waals surface area contributed by atoms with Crippen LogP contribution in [0.5, 0.6) is 0 Å². The van der Waals surface area contributed by atoms with Gasteiger partial charge in [-0.05, 0) is 12.0 Å². The van der Waals surface area contributed by atoms with Crippen LogP contribution in [0.4, 0.5) is 0 Å². The third-order valence-electron chi connectivity index (χ3n) is 2.82. The second-order valence-corrected chi connectivity index (χ2v) is 3.82. The molecule has 0 radical (unpaired) electrons. The van der Waals surface area contributed by atoms with Gasteiger partial charge in [0.2, 0.25) is 0 Å². The number of carboxylic acids is 1. The van der Waals surface area contributed by atoms with Crippen LogP contribution in [0.3, 0.4) is 0 Å². The Bertz CT molecular complexity index is 363. The fraction of sp³-hybridized carbons (Fsp3) is 0.417. The Morgan fingerprint density at radius 3 is 2.62 bits per heavy atom. The molecule has 1 aromatic rings. The number of rotatable bonds is 3. The minimum atomic E-state index is -0.870. The Balaban J connectivity index is 2.14. The Kier molecular flexibility index (Phi) is 3.22. The molecule has 0 spiro atoms. The molecule has 16 heavy (non-hydrogen) atoms. The van der Waals surface area contributed by atoms with Crippen molar-refractivity contribution in [2.75, 3.05) is 7.11 Å². The number of ether oxygens (including phenoxy) is 2. The monoisotopic (exact) mass is 222 g/mol. The molecular formula is C12H14O4. The van der Waals surface area contributed by atoms with Gasteiger partial charge in [-0.15, -0.1) is 0 Å². The summed E-state index contributed by atoms with van der Waals surface area (Å²) < 4.78 is 10.6. The molecule has 1 aliphatic rings. The van der Waals surface area contributed by atoms with Crippen molar-refractivity contribution in [1.82, 2.24) is 0 Å². The fourth-order valence-electron chi connectivity index (χ4n) is 1.97. The molecule has 1 aromatic carbocycles. The van der Waals surface area contributed by atoms with E-state index in [1.54, 1.807) is 0 Å². The first-order valence-corrected chi connectivity index (χ1v) is 5.18. The summed E-state index contributed by atoms with van der Waals surface area (Å²) >= 11 is 0. The summed E-state index contributed by atoms with van der Waals surface area (Å²) in [6, 6.07) is 9.60. The van der Waals surface area contributed by atoms with Crippen molar-refractivity contribution in [2.24, 2.45) is 5.92 Å². The minimum absolute atomic E-state index is 0.188. The van der Waals surface area contributed by atoms with Crippen molar-refractivity contribution >= 4 is 5.97 Å². The first-order valence-electron chi connectivity index (χ1n) is 5.18. The van der Waals surface area contributed by atoms with Crippen molar-refractivity contribution in [1.29, 1.82) is 0 Å². The van der Waals surface area contributed by atoms with E-state index in [1.165, 1.54) is 7.11 Å². The van der Waals surface area contributed by atoms with Crippen LogP contribution < -0.4 is 0 Å². The molecule has 4 nitrogen and oxygen atoms in total. The molecule has 1 heterocycles. The number of carboxylic acid groups (broad SMARTS) is 1. The Morgan fingerprint density at radius 1 is 1.44 bits per heavy atom. The van der Waals surface area contributed by atoms with Gasteiger partial charge in [-0.1, -0.05) is 30.3 Å². The summed E-state index contributed by atoms with van der Waals surface area (Å²) in [4.78, 5) is 11.0. The van der Waals surface area contributed by atoms with Crippen molar-refractivity contribution < 1.29 is 19.4 Å². The van der Waals surface area contributed by atoms with E-state index < -0.39 is 18.2 Å². The van der Waals surface area contributed by atoms with Gasteiger partial charge in [-0.3, -0.25) is 4.79 Å². The van der Waals surface area contributed by atoms with Crippen molar-refractivity contribution in [3.05, 3.63) is 35.9 Å². The van der Waals surface area contributed by atoms with Gasteiger partial charge in [0.1, 0.15) is 5.92 Å². The zero-order chi connectivity index (χ0) is 11.5. The van der Waals surface area contributed by atoms with E-state index in [2.05, 4.69) is 0 Å². The van der Waals surface area contributed by atoms with Gasteiger partial charge in [0.15, 0.2) is 6.29 Å². The lowest BCUT2D eigenvalue weighted by molar-refractivity contribution is -0.162. The molecule has 1 N–H and O–H groups in total. The van der Waals surface area contributed by atoms with Gasteiger partial charge in [0.05, 0.1) is 6.10 Å². The van der Waals surface area contributed by atoms with Crippen LogP contribution in [-0.4, -0.2) is 24.5 Å². The van der Waals surface area contributed by atoms with Crippen LogP contribution in [0.15, 0.2) is 30.3 Å². The van der Waals surface area contributed by atoms with E-state index in [9.17, 15) is 4.79 Å². The maximum Gasteiger partial charge on any atom is 0.311 e. The number of hydrogen-bond acceptors (Lipinski definition) is 3. The van der Waals surface area contributed by atoms with Gasteiger partial charge in [-0.2, -0.15) is 0 Å². The van der Waals surface area contributed by atoms with Gasteiger partial charge >= 0.3 is 5.97 Å². The molecule has 3 unspecified atom stereocenters. The van der Waals surface area contributed by atoms with E-state index >= 15 is 0 Å². The number of aliphatic carboxylic acids is 1. The largest absolute Gasteiger partial charge is 0.481 e. The van der Waals surface area contributed by atoms with Gasteiger partial charge in [0, 0.05) is 7.11 Å². The molecule has 0 aliphatic carbocycles. The van der Waals surface area contributed by atoms with Crippen LogP contribution in [0.1, 0.15) is 18.1 Å². The molecule has 0 aromatic heterocycles. The number of hydrogen-bond donors (Lipinski definition) is 1. The van der Waals surface area contributed by atoms with Crippen LogP contribution in [0.2, 0.25) is 0 Å². The number of methoxy groups -OCH3 is 1. The lowest BCUT2D eigenvalue weighted by atomic mass is 10.00. The molecule has 0 amide bonds. The average molecular weight is 222 g/mol. The lowest BCUT2D eigenvalue weighted by Gasteiger charge is -2.13. The molecular weight excluding hydrogens is 208 g/mol. The number of benzene rings is 1. The zero-order valence-corrected chi connectivity index (χ0v) is 9.00. The van der Waals surface area contributed by atoms with E-state index in [1.807, 2.05) is 30.3 Å². The van der Waals surface area contributed by atoms with Crippen LogP contribution in [-0.2, 0) is 14.3 Å². The first-order chi connectivity index (χ1) is 7.72. The predicted octanol–water partition coefficient (Wildman–Crippen LogP) is 1.82. The van der Waals surface area contributed by atoms with E-state index in [0.717, 1.165) is 5.56 Å². The Morgan fingerprint density at radius 2 is 2.12 bits per heavy atom. The quantitative estimate of drug-likeness (QED) is 0.847. The van der Waals surface area contributed by atoms with Gasteiger partial charge in [-0.25, -0.2) is 0 Å². The highest BCUT2D eigenvalue weighted by Gasteiger charge is 2.40. The molecule has 3 atom stereocenters. The summed E-state index contributed by atoms with van der Waals surface area (Å²) in [5.74, 6) is -1.46. The fourth-order valence-corrected chi connectivity index (χ4v) is 1.97. The van der Waals surface area contributed by atoms with Crippen molar-refractivity contribution in [3.8, 4) is 0 Å². The van der Waals surface area contributed by atoms with Crippen LogP contribution in [0.25, 0.3) is 0 Å². The molecule has 2 rings (SSSR count). The SMILES string of the molecule is COC1OC(c2ccccc2)CC1C(=O)O. The smallest absolute Gasteiger partial charge is 0.311 e. The highest BCUT2D eigenvalue weighted by Crippen LogP contribution is 2.37. The molecule has 0 saturated carbocycles. The first kappa shape index (κ1) is 11.1. The summed E-state index contributed by atoms with van der Waals surface area (Å²) in [6.45, 7) is 0. The molecule has 1 fully saturated rings. The lowest BCUT2D eigenvalue weighted by Crippen LogP contribution is -2.25. The molecule has 4 heteroatoms. The second-order valence-electron chi connectivity index (χ2n) is 3.82. The summed E-state index contributed by atoms with van der Waals surface area (Å²) in [5, 5.41) is 9.02. The van der Waals surface area contributed by atoms with Crippen LogP contribution in [0, 0.1) is 5.92 Å². The summed E-state index contributed by atoms with van der Waals surface area (Å²) in [7, 11) is 1.47. The standard InChI is InChI=1S/C12H14O4/c1-15-12-9(11(13)14)7-10(16-12)8-5-3-2-4-6-8/h2-6,9-10,12H,7H2,1H3,(H,13,14). The zero-order valence-electron chi connectivity index (χ0n) is 9.00. The van der Waals surface area contributed by atoms with Gasteiger partial charge in [0.25, 0.3) is 0 Å². The average Bonchev–Trinajstić information content (AvgIpc) is 2.74. The highest BCUT2D eigenvalue weighted by molar-refractivity contribution is 5.71. The summed E-state index contributed by atoms with van der Waals surface area (Å²) in [5.41, 5.74) is 0.994. The Labute approximate surface area is 93.8 Å². The topological polar surface area (TPSA) is 55.8 Å². The van der Waals surface area contributed by atoms with Gasteiger partial charge < -0.3 is 14.6 Å². The maximum atomic E-state index is 11.0. The van der Waals surface area contributed by atoms with E-state index in [-0.39, 0.29) is 6.10 Å². The predicted molar refractivity (Wildman–Crippen MR) is 56.8 cm³/mol. The number of carbonyl (C=O) groups is 1. The molecule has 1 saturated heterocycles. The molecule has 1 aliphatic heterocycles. The molecule has 0 bridgehead atoms. The second kappa shape index (κ2) is 4.63. The van der Waals surface area contributed by atoms with E-state index in [0.29, 0.717) is 6.42 Å². The normalized spacial score (nSPS) is 29.2. The third-order valence-corrected chi connectivity index (χ3v) is 2.82. The van der Waals surface area contributed by atoms with E-state index in [4.69, 9.17) is 14.6 Å². The van der Waals surface area contributed by atoms with Crippen molar-refractivity contribution in [2.45, 2.75) is 18.8 Å². The van der Waals surface area contributed by atoms with Crippen LogP contribution >= 0.6 is 0 Å².